The number of carbonyl (C=O) groups is 3. The lowest BCUT2D eigenvalue weighted by Gasteiger charge is -2.46. The first kappa shape index (κ1) is 15.4. The van der Waals surface area contributed by atoms with Gasteiger partial charge < -0.3 is 20.4 Å². The van der Waals surface area contributed by atoms with Gasteiger partial charge in [0.05, 0.1) is 18.1 Å². The van der Waals surface area contributed by atoms with Crippen LogP contribution in [0.2, 0.25) is 0 Å². The molecule has 3 aliphatic heterocycles. The van der Waals surface area contributed by atoms with E-state index in [0.717, 1.165) is 0 Å². The number of rotatable bonds is 4. The summed E-state index contributed by atoms with van der Waals surface area (Å²) in [5.74, 6) is -2.20. The molecular weight excluding hydrogens is 308 g/mol. The van der Waals surface area contributed by atoms with Gasteiger partial charge >= 0.3 is 5.97 Å². The topological polar surface area (TPSA) is 107 Å². The zero-order chi connectivity index (χ0) is 16.2. The normalized spacial score (nSPS) is 35.3. The Morgan fingerprint density at radius 1 is 1.45 bits per heavy atom. The Hall–Kier alpha value is -1.54. The number of nitrogens with one attached hydrogen (secondary N) is 1. The number of hydrogen-bond donors (Lipinski definition) is 3. The van der Waals surface area contributed by atoms with Crippen LogP contribution >= 0.6 is 11.8 Å². The Labute approximate surface area is 131 Å². The van der Waals surface area contributed by atoms with Gasteiger partial charge in [-0.3, -0.25) is 9.59 Å². The summed E-state index contributed by atoms with van der Waals surface area (Å²) in [6.45, 7) is 3.94. The van der Waals surface area contributed by atoms with Gasteiger partial charge in [0.2, 0.25) is 11.8 Å². The Bertz CT molecular complexity index is 588. The molecule has 3 heterocycles. The van der Waals surface area contributed by atoms with Gasteiger partial charge in [-0.05, 0) is 6.92 Å². The molecule has 22 heavy (non-hydrogen) atoms. The fourth-order valence-corrected chi connectivity index (χ4v) is 4.93. The first-order valence-electron chi connectivity index (χ1n) is 7.25. The largest absolute Gasteiger partial charge is 0.477 e. The summed E-state index contributed by atoms with van der Waals surface area (Å²) in [6, 6.07) is -0.300. The summed E-state index contributed by atoms with van der Waals surface area (Å²) in [4.78, 5) is 37.0. The van der Waals surface area contributed by atoms with E-state index in [1.807, 2.05) is 6.92 Å². The van der Waals surface area contributed by atoms with Crippen LogP contribution in [0.1, 0.15) is 20.3 Å². The number of carboxylic acids is 1. The maximum Gasteiger partial charge on any atom is 0.353 e. The van der Waals surface area contributed by atoms with Gasteiger partial charge in [0.1, 0.15) is 5.70 Å². The van der Waals surface area contributed by atoms with Crippen LogP contribution in [0.5, 0.6) is 0 Å². The Balaban J connectivity index is 1.88. The molecule has 0 aromatic heterocycles. The smallest absolute Gasteiger partial charge is 0.353 e. The van der Waals surface area contributed by atoms with Crippen molar-refractivity contribution in [2.75, 3.05) is 6.54 Å². The zero-order valence-corrected chi connectivity index (χ0v) is 13.1. The molecule has 0 aliphatic carbocycles. The second-order valence-corrected chi connectivity index (χ2v) is 7.36. The molecule has 3 rings (SSSR count). The first-order valence-corrected chi connectivity index (χ1v) is 8.12. The molecule has 0 bridgehead atoms. The fourth-order valence-electron chi connectivity index (χ4n) is 3.52. The molecule has 120 valence electrons. The molecule has 7 nitrogen and oxygen atoms in total. The van der Waals surface area contributed by atoms with Gasteiger partial charge in [-0.25, -0.2) is 4.79 Å². The van der Waals surface area contributed by atoms with Gasteiger partial charge in [-0.1, -0.05) is 6.92 Å². The van der Waals surface area contributed by atoms with Crippen molar-refractivity contribution >= 4 is 29.5 Å². The summed E-state index contributed by atoms with van der Waals surface area (Å²) < 4.78 is 0. The van der Waals surface area contributed by atoms with Crippen molar-refractivity contribution in [3.05, 3.63) is 10.6 Å². The van der Waals surface area contributed by atoms with E-state index in [9.17, 15) is 24.6 Å². The molecule has 3 N–H and O–H groups in total. The first-order chi connectivity index (χ1) is 10.3. The van der Waals surface area contributed by atoms with Crippen LogP contribution in [-0.4, -0.2) is 56.8 Å². The van der Waals surface area contributed by atoms with Crippen LogP contribution in [0.3, 0.4) is 0 Å². The summed E-state index contributed by atoms with van der Waals surface area (Å²) >= 11 is 1.37. The van der Waals surface area contributed by atoms with Crippen LogP contribution in [0.15, 0.2) is 10.6 Å². The van der Waals surface area contributed by atoms with Crippen LogP contribution < -0.4 is 5.32 Å². The maximum atomic E-state index is 12.2. The van der Waals surface area contributed by atoms with Crippen LogP contribution in [-0.2, 0) is 14.4 Å². The summed E-state index contributed by atoms with van der Waals surface area (Å²) in [6.07, 6.45) is -0.447. The standard InChI is InChI=1S/C14H18N2O5S/c1-5-10-9(6(2)17)13(19)16(10)11(14(20)21)12(5)22-7-3-8(18)15-4-7/h5-7,9-10,17H,3-4H2,1-2H3,(H,15,18)(H,20,21)/t5?,6?,7?,9?,10-/m0/s1. The number of aliphatic carboxylic acids is 1. The lowest BCUT2D eigenvalue weighted by molar-refractivity contribution is -0.163. The number of carbonyl (C=O) groups excluding carboxylic acids is 2. The zero-order valence-electron chi connectivity index (χ0n) is 12.3. The van der Waals surface area contributed by atoms with Gasteiger partial charge in [0.15, 0.2) is 0 Å². The van der Waals surface area contributed by atoms with Crippen LogP contribution in [0.25, 0.3) is 0 Å². The van der Waals surface area contributed by atoms with E-state index in [4.69, 9.17) is 0 Å². The summed E-state index contributed by atoms with van der Waals surface area (Å²) in [5, 5.41) is 22.0. The third kappa shape index (κ3) is 2.13. The van der Waals surface area contributed by atoms with E-state index in [1.165, 1.54) is 16.7 Å². The summed E-state index contributed by atoms with van der Waals surface area (Å²) in [5.41, 5.74) is 0.0174. The van der Waals surface area contributed by atoms with E-state index in [-0.39, 0.29) is 34.7 Å². The molecule has 0 radical (unpaired) electrons. The number of aliphatic hydroxyl groups excluding tert-OH is 1. The van der Waals surface area contributed by atoms with Crippen molar-refractivity contribution in [3.63, 3.8) is 0 Å². The molecule has 0 spiro atoms. The molecule has 4 unspecified atom stereocenters. The number of nitrogens with zero attached hydrogens (tertiary/aromatic N) is 1. The minimum Gasteiger partial charge on any atom is -0.477 e. The Morgan fingerprint density at radius 3 is 2.64 bits per heavy atom. The number of carboxylic acid groups (broad SMARTS) is 1. The van der Waals surface area contributed by atoms with Crippen molar-refractivity contribution in [3.8, 4) is 0 Å². The minimum absolute atomic E-state index is 0.0156. The molecule has 2 amide bonds. The van der Waals surface area contributed by atoms with E-state index in [2.05, 4.69) is 5.32 Å². The molecule has 5 atom stereocenters. The van der Waals surface area contributed by atoms with Gasteiger partial charge in [-0.15, -0.1) is 11.8 Å². The van der Waals surface area contributed by atoms with Gasteiger partial charge in [0, 0.05) is 29.0 Å². The van der Waals surface area contributed by atoms with E-state index in [0.29, 0.717) is 17.9 Å². The number of thioether (sulfide) groups is 1. The minimum atomic E-state index is -1.13. The monoisotopic (exact) mass is 326 g/mol. The molecule has 2 fully saturated rings. The third-order valence-electron chi connectivity index (χ3n) is 4.54. The molecule has 0 saturated carbocycles. The lowest BCUT2D eigenvalue weighted by Crippen LogP contribution is -2.63. The van der Waals surface area contributed by atoms with E-state index < -0.39 is 18.0 Å². The van der Waals surface area contributed by atoms with Gasteiger partial charge in [0.25, 0.3) is 0 Å². The van der Waals surface area contributed by atoms with Crippen LogP contribution in [0, 0.1) is 11.8 Å². The quantitative estimate of drug-likeness (QED) is 0.616. The number of aliphatic hydroxyl groups is 1. The highest BCUT2D eigenvalue weighted by Crippen LogP contribution is 2.51. The number of fused-ring (bicyclic) bond motifs is 1. The Kier molecular flexibility index (Phi) is 3.68. The lowest BCUT2D eigenvalue weighted by atomic mass is 9.79. The molecule has 2 saturated heterocycles. The number of amides is 2. The number of β-lactam (4-membered cyclic amide) rings is 1. The van der Waals surface area contributed by atoms with E-state index >= 15 is 0 Å². The highest BCUT2D eigenvalue weighted by molar-refractivity contribution is 8.03. The van der Waals surface area contributed by atoms with Crippen molar-refractivity contribution in [1.29, 1.82) is 0 Å². The highest BCUT2D eigenvalue weighted by Gasteiger charge is 2.60. The van der Waals surface area contributed by atoms with Crippen molar-refractivity contribution in [1.82, 2.24) is 10.2 Å². The second-order valence-electron chi connectivity index (χ2n) is 6.02. The average molecular weight is 326 g/mol. The molecular formula is C14H18N2O5S. The second kappa shape index (κ2) is 5.27. The Morgan fingerprint density at radius 2 is 2.14 bits per heavy atom. The SMILES string of the molecule is CC(O)C1C(=O)N2C(C(=O)O)=C(SC3CNC(=O)C3)C(C)[C@@H]12. The molecule has 3 aliphatic rings. The predicted octanol–water partition coefficient (Wildman–Crippen LogP) is -0.238. The van der Waals surface area contributed by atoms with Crippen molar-refractivity contribution in [2.45, 2.75) is 37.7 Å². The van der Waals surface area contributed by atoms with Crippen LogP contribution in [0.4, 0.5) is 0 Å². The summed E-state index contributed by atoms with van der Waals surface area (Å²) in [7, 11) is 0. The van der Waals surface area contributed by atoms with E-state index in [1.54, 1.807) is 6.92 Å². The highest BCUT2D eigenvalue weighted by atomic mass is 32.2. The maximum absolute atomic E-state index is 12.2. The molecule has 0 aromatic rings. The average Bonchev–Trinajstić information content (AvgIpc) is 2.92. The molecule has 8 heteroatoms. The predicted molar refractivity (Wildman–Crippen MR) is 78.6 cm³/mol. The van der Waals surface area contributed by atoms with Crippen molar-refractivity contribution in [2.24, 2.45) is 11.8 Å². The third-order valence-corrected chi connectivity index (χ3v) is 6.03. The molecule has 0 aromatic carbocycles. The van der Waals surface area contributed by atoms with Gasteiger partial charge in [-0.2, -0.15) is 0 Å². The number of hydrogen-bond acceptors (Lipinski definition) is 5. The fraction of sp³-hybridized carbons (Fsp3) is 0.643. The van der Waals surface area contributed by atoms with Crippen molar-refractivity contribution < 1.29 is 24.6 Å².